The first-order chi connectivity index (χ1) is 35.2. The van der Waals surface area contributed by atoms with E-state index in [9.17, 15) is 25.2 Å². The molecule has 11 rings (SSSR count). The van der Waals surface area contributed by atoms with Crippen LogP contribution in [0.3, 0.4) is 0 Å². The number of allylic oxidation sites excluding steroid dienone is 4. The fraction of sp³-hybridized carbons (Fsp3) is 0.0492. The molecule has 0 unspecified atom stereocenters. The number of hydrogen-bond acceptors (Lipinski definition) is 1. The van der Waals surface area contributed by atoms with Gasteiger partial charge in [-0.3, -0.25) is 0 Å². The van der Waals surface area contributed by atoms with E-state index in [4.69, 9.17) is 10.5 Å². The predicted octanol–water partition coefficient (Wildman–Crippen LogP) is 15.9. The molecule has 0 amide bonds. The summed E-state index contributed by atoms with van der Waals surface area (Å²) in [7, 11) is -12.0. The monoisotopic (exact) mass is 1340 g/mol. The molecule has 0 spiro atoms. The van der Waals surface area contributed by atoms with Gasteiger partial charge in [-0.2, -0.15) is 23.9 Å². The Labute approximate surface area is 469 Å². The van der Waals surface area contributed by atoms with Crippen molar-refractivity contribution in [2.75, 3.05) is 0 Å². The quantitative estimate of drug-likeness (QED) is 0.0442. The van der Waals surface area contributed by atoms with E-state index in [1.165, 1.54) is 54.8 Å². The Bertz CT molecular complexity index is 2640. The normalized spacial score (nSPS) is 15.6. The molecule has 0 aliphatic heterocycles. The minimum absolute atomic E-state index is 0. The zero-order valence-corrected chi connectivity index (χ0v) is 48.2. The van der Waals surface area contributed by atoms with Crippen LogP contribution in [0.5, 0.6) is 0 Å². The molecule has 0 atom stereocenters. The molecule has 14 heteroatoms. The summed E-state index contributed by atoms with van der Waals surface area (Å²) >= 11 is 0. The molecule has 0 N–H and O–H groups in total. The van der Waals surface area contributed by atoms with Crippen LogP contribution in [0.4, 0.5) is 25.2 Å². The smallest absolute Gasteiger partial charge is 0.120 e. The summed E-state index contributed by atoms with van der Waals surface area (Å²) in [5.74, 6) is 1.62. The van der Waals surface area contributed by atoms with E-state index in [1.54, 1.807) is 0 Å². The number of hydrogen-bond donors (Lipinski definition) is 0. The first-order valence-corrected chi connectivity index (χ1v) is 29.3. The van der Waals surface area contributed by atoms with Crippen LogP contribution in [0.2, 0.25) is 0 Å². The third-order valence-electron chi connectivity index (χ3n) is 10.9. The molecule has 8 radical (unpaired) electrons. The van der Waals surface area contributed by atoms with Crippen LogP contribution in [0, 0.1) is 54.2 Å². The van der Waals surface area contributed by atoms with Crippen molar-refractivity contribution in [3.05, 3.63) is 315 Å². The van der Waals surface area contributed by atoms with Crippen LogP contribution in [0.15, 0.2) is 267 Å². The zero-order valence-electron chi connectivity index (χ0n) is 40.3. The van der Waals surface area contributed by atoms with Crippen LogP contribution >= 0.6 is 31.6 Å². The van der Waals surface area contributed by atoms with E-state index in [-0.39, 0.29) is 39.9 Å². The number of nitrogens with zero attached hydrogens (tertiary/aromatic N) is 1. The summed E-state index contributed by atoms with van der Waals surface area (Å²) in [6.45, 7) is 0. The summed E-state index contributed by atoms with van der Waals surface area (Å²) in [5, 5.41) is 9.78. The summed E-state index contributed by atoms with van der Waals surface area (Å²) < 4.78 is 59.2. The first-order valence-electron chi connectivity index (χ1n) is 23.2. The Kier molecular flexibility index (Phi) is 25.9. The minimum atomic E-state index is -10.7. The molecule has 2 nitrogen and oxygen atoms in total. The van der Waals surface area contributed by atoms with E-state index in [0.29, 0.717) is 0 Å². The van der Waals surface area contributed by atoms with Crippen molar-refractivity contribution in [1.29, 1.82) is 0 Å². The van der Waals surface area contributed by atoms with Crippen molar-refractivity contribution >= 4 is 68.7 Å². The number of fused-ring (bicyclic) bond motifs is 2. The van der Waals surface area contributed by atoms with Gasteiger partial charge >= 0.3 is 33.0 Å². The van der Waals surface area contributed by atoms with E-state index in [1.807, 2.05) is 0 Å². The molecule has 8 aromatic carbocycles. The summed E-state index contributed by atoms with van der Waals surface area (Å²) in [6.07, 6.45) is 21.6. The van der Waals surface area contributed by atoms with Gasteiger partial charge in [-0.05, 0) is 96.9 Å². The molecule has 75 heavy (non-hydrogen) atoms. The Morgan fingerprint density at radius 1 is 0.373 bits per heavy atom. The minimum Gasteiger partial charge on any atom is -0.187 e. The van der Waals surface area contributed by atoms with Crippen LogP contribution in [0.1, 0.15) is 12.0 Å². The Morgan fingerprint density at radius 3 is 0.840 bits per heavy atom. The number of halogens is 6. The molecule has 1 saturated carbocycles. The number of rotatable bonds is 10. The zero-order chi connectivity index (χ0) is 51.8. The van der Waals surface area contributed by atoms with Crippen LogP contribution in [-0.4, -0.2) is 0 Å². The van der Waals surface area contributed by atoms with E-state index in [2.05, 4.69) is 299 Å². The summed E-state index contributed by atoms with van der Waals surface area (Å²) in [4.78, 5) is 7.25. The second-order valence-electron chi connectivity index (χ2n) is 16.4. The van der Waals surface area contributed by atoms with E-state index >= 15 is 0 Å². The van der Waals surface area contributed by atoms with Crippen LogP contribution < -0.4 is 42.7 Å². The van der Waals surface area contributed by atoms with Gasteiger partial charge in [0.1, 0.15) is 5.59 Å². The van der Waals surface area contributed by atoms with Crippen molar-refractivity contribution in [3.8, 4) is 0 Å². The SMILES string of the molecule is C1=CC2C=CC1C2.F[P-](F)(F)(F)(F)F.[CH]1[CH][CH][C](P(c2ccccc2)c2ccccc2)[CH]1.[N]=O.[Re].[Rh].c1ccc(P(c2ccccc2)c2ccccc2)cc1.c1ccc([CH-]P(c2ccccc2)c2ccccc2)cc1. The maximum absolute atomic E-state index is 10.7. The van der Waals surface area contributed by atoms with Crippen molar-refractivity contribution in [2.24, 2.45) is 11.8 Å². The molecular formula is C61H53F6NOP4ReRh-2. The fourth-order valence-electron chi connectivity index (χ4n) is 7.78. The van der Waals surface area contributed by atoms with Crippen molar-refractivity contribution < 1.29 is 65.1 Å². The van der Waals surface area contributed by atoms with Gasteiger partial charge in [-0.25, -0.2) is 0 Å². The maximum Gasteiger partial charge on any atom is 0.120 e. The molecule has 2 bridgehead atoms. The van der Waals surface area contributed by atoms with E-state index in [0.717, 1.165) is 11.8 Å². The summed E-state index contributed by atoms with van der Waals surface area (Å²) in [6, 6.07) is 86.0. The van der Waals surface area contributed by atoms with Gasteiger partial charge in [0.05, 0.1) is 0 Å². The van der Waals surface area contributed by atoms with E-state index < -0.39 is 31.6 Å². The van der Waals surface area contributed by atoms with Crippen LogP contribution in [0.25, 0.3) is 0 Å². The van der Waals surface area contributed by atoms with Gasteiger partial charge in [0.15, 0.2) is 0 Å². The van der Waals surface area contributed by atoms with Gasteiger partial charge in [0.2, 0.25) is 0 Å². The molecular weight excluding hydrogens is 1290 g/mol. The molecule has 0 heterocycles. The van der Waals surface area contributed by atoms with Crippen molar-refractivity contribution in [2.45, 2.75) is 6.42 Å². The molecule has 388 valence electrons. The van der Waals surface area contributed by atoms with Gasteiger partial charge < -0.3 is 0 Å². The molecule has 3 aliphatic carbocycles. The topological polar surface area (TPSA) is 39.4 Å². The van der Waals surface area contributed by atoms with Crippen molar-refractivity contribution in [1.82, 2.24) is 5.59 Å². The largest absolute Gasteiger partial charge is 0.187 e. The second kappa shape index (κ2) is 30.9. The summed E-state index contributed by atoms with van der Waals surface area (Å²) in [5.41, 5.74) is 8.45. The standard InChI is InChI=1S/C19H16P.C18H15P.C17H14P.C7H8.F6P.NO.Re.Rh/c1-4-10-17(11-5-1)16-20(18-12-6-2-7-13-18)19-14-8-3-9-15-19;1-4-10-16(11-5-1)19(17-12-6-2-7-13-17)18-14-8-3-9-15-18;1-3-9-15(10-4-1)18(17-13-7-8-14-17)16-11-5-2-6-12-16;1-2-7-4-3-6(1)5-7;1-7(2,3,4,5)6;1-2;;/h1-16H;1-15H;1-14H;1-4,6-7H,5H2;;;;/q-1;;;;-1;;;. The third kappa shape index (κ3) is 23.2. The Morgan fingerprint density at radius 2 is 0.600 bits per heavy atom. The van der Waals surface area contributed by atoms with Gasteiger partial charge in [0.25, 0.3) is 0 Å². The first kappa shape index (κ1) is 62.8. The number of benzene rings is 8. The van der Waals surface area contributed by atoms with Gasteiger partial charge in [0, 0.05) is 45.6 Å². The molecule has 3 aliphatic rings. The van der Waals surface area contributed by atoms with Gasteiger partial charge in [-0.15, -0.1) is 17.0 Å². The Balaban J connectivity index is 0.000000210. The van der Waals surface area contributed by atoms with Crippen molar-refractivity contribution in [3.63, 3.8) is 0 Å². The van der Waals surface area contributed by atoms with Gasteiger partial charge in [-0.1, -0.05) is 251 Å². The number of nitroso groups, excluding NO2 is 1. The second-order valence-corrected chi connectivity index (χ2v) is 24.8. The molecule has 0 aromatic heterocycles. The Hall–Kier alpha value is -4.70. The average molecular weight is 1340 g/mol. The van der Waals surface area contributed by atoms with Crippen LogP contribution in [-0.2, 0) is 39.9 Å². The molecule has 0 saturated heterocycles. The molecule has 1 fully saturated rings. The molecule has 8 aromatic rings. The third-order valence-corrected chi connectivity index (χ3v) is 18.0. The predicted molar refractivity (Wildman–Crippen MR) is 303 cm³/mol. The maximum atomic E-state index is 9.87. The average Bonchev–Trinajstić information content (AvgIpc) is 4.24. The fourth-order valence-corrected chi connectivity index (χ4v) is 14.4.